The number of rotatable bonds is 6. The fourth-order valence-electron chi connectivity index (χ4n) is 2.50. The number of benzene rings is 2. The number of nitrogens with one attached hydrogen (secondary N) is 1. The Morgan fingerprint density at radius 2 is 1.78 bits per heavy atom. The lowest BCUT2D eigenvalue weighted by Crippen LogP contribution is -2.14. The van der Waals surface area contributed by atoms with E-state index < -0.39 is 19.3 Å². The number of hydrogen-bond acceptors (Lipinski definition) is 4. The van der Waals surface area contributed by atoms with Gasteiger partial charge in [-0.2, -0.15) is 0 Å². The number of anilines is 1. The summed E-state index contributed by atoms with van der Waals surface area (Å²) in [6.07, 6.45) is 0. The van der Waals surface area contributed by atoms with Crippen molar-refractivity contribution in [2.45, 2.75) is 6.92 Å². The number of carboxylic acid groups (broad SMARTS) is 1. The lowest BCUT2D eigenvalue weighted by atomic mass is 10.1. The summed E-state index contributed by atoms with van der Waals surface area (Å²) in [5.41, 5.74) is 2.14. The molecule has 27 heavy (non-hydrogen) atoms. The quantitative estimate of drug-likeness (QED) is 0.556. The Balaban J connectivity index is 2.02. The van der Waals surface area contributed by atoms with Gasteiger partial charge in [0.2, 0.25) is 0 Å². The monoisotopic (exact) mass is 405 g/mol. The zero-order valence-corrected chi connectivity index (χ0v) is 16.3. The van der Waals surface area contributed by atoms with E-state index in [-0.39, 0.29) is 15.9 Å². The molecule has 1 atom stereocenters. The Kier molecular flexibility index (Phi) is 5.46. The minimum atomic E-state index is -3.62. The molecule has 0 aliphatic carbocycles. The average Bonchev–Trinajstić information content (AvgIpc) is 3.06. The van der Waals surface area contributed by atoms with Crippen LogP contribution < -0.4 is 10.4 Å². The highest BCUT2D eigenvalue weighted by atomic mass is 32.1. The van der Waals surface area contributed by atoms with E-state index in [1.165, 1.54) is 31.4 Å². The molecule has 3 rings (SSSR count). The van der Waals surface area contributed by atoms with Gasteiger partial charge in [-0.15, -0.1) is 11.3 Å². The maximum atomic E-state index is 13.2. The van der Waals surface area contributed by atoms with Crippen molar-refractivity contribution >= 4 is 35.8 Å². The van der Waals surface area contributed by atoms with Crippen molar-refractivity contribution < 1.29 is 23.4 Å². The van der Waals surface area contributed by atoms with E-state index in [1.54, 1.807) is 6.07 Å². The highest BCUT2D eigenvalue weighted by Gasteiger charge is 2.28. The van der Waals surface area contributed by atoms with Crippen LogP contribution in [0.3, 0.4) is 0 Å². The second kappa shape index (κ2) is 7.64. The molecule has 0 bridgehead atoms. The molecule has 8 heteroatoms. The van der Waals surface area contributed by atoms with Crippen molar-refractivity contribution in [2.24, 2.45) is 0 Å². The molecular weight excluding hydrogens is 388 g/mol. The van der Waals surface area contributed by atoms with Crippen LogP contribution in [-0.4, -0.2) is 18.2 Å². The van der Waals surface area contributed by atoms with Gasteiger partial charge in [-0.1, -0.05) is 29.8 Å². The predicted molar refractivity (Wildman–Crippen MR) is 106 cm³/mol. The van der Waals surface area contributed by atoms with Crippen LogP contribution in [0, 0.1) is 12.7 Å². The molecule has 2 aromatic carbocycles. The van der Waals surface area contributed by atoms with Crippen molar-refractivity contribution in [3.8, 4) is 10.4 Å². The first kappa shape index (κ1) is 19.3. The Hall–Kier alpha value is -2.47. The summed E-state index contributed by atoms with van der Waals surface area (Å²) < 4.78 is 31.5. The zero-order valence-electron chi connectivity index (χ0n) is 14.6. The number of thiophene rings is 1. The van der Waals surface area contributed by atoms with Gasteiger partial charge in [0.1, 0.15) is 10.7 Å². The van der Waals surface area contributed by atoms with Gasteiger partial charge in [0.15, 0.2) is 0 Å². The normalized spacial score (nSPS) is 13.1. The molecule has 0 amide bonds. The molecule has 3 aromatic rings. The molecule has 0 radical (unpaired) electrons. The van der Waals surface area contributed by atoms with Gasteiger partial charge in [-0.3, -0.25) is 4.57 Å². The van der Waals surface area contributed by atoms with E-state index in [2.05, 4.69) is 5.09 Å². The van der Waals surface area contributed by atoms with Crippen LogP contribution in [0.2, 0.25) is 0 Å². The standard InChI is InChI=1S/C19H17FNO4PS/c1-12-3-5-13(6-4-12)17-11-16(18(27-17)19(22)23)21-26(24,25-2)15-9-7-14(20)8-10-15/h3-11H,1-2H3,(H,21,24)(H,22,23). The molecule has 0 spiro atoms. The Bertz CT molecular complexity index is 1020. The first-order valence-electron chi connectivity index (χ1n) is 7.97. The van der Waals surface area contributed by atoms with Crippen LogP contribution in [0.15, 0.2) is 54.6 Å². The molecule has 5 nitrogen and oxygen atoms in total. The smallest absolute Gasteiger partial charge is 0.348 e. The lowest BCUT2D eigenvalue weighted by Gasteiger charge is -2.18. The van der Waals surface area contributed by atoms with Gasteiger partial charge in [0.25, 0.3) is 0 Å². The summed E-state index contributed by atoms with van der Waals surface area (Å²) in [6, 6.07) is 14.3. The number of halogens is 1. The first-order chi connectivity index (χ1) is 12.8. The predicted octanol–water partition coefficient (Wildman–Crippen LogP) is 5.14. The van der Waals surface area contributed by atoms with Crippen LogP contribution in [0.25, 0.3) is 10.4 Å². The van der Waals surface area contributed by atoms with E-state index in [9.17, 15) is 18.9 Å². The van der Waals surface area contributed by atoms with Crippen molar-refractivity contribution in [3.05, 3.63) is 70.9 Å². The third kappa shape index (κ3) is 4.11. The summed E-state index contributed by atoms with van der Waals surface area (Å²) in [6.45, 7) is 1.96. The highest BCUT2D eigenvalue weighted by Crippen LogP contribution is 2.48. The van der Waals surface area contributed by atoms with Crippen LogP contribution in [0.1, 0.15) is 15.2 Å². The fraction of sp³-hybridized carbons (Fsp3) is 0.105. The Morgan fingerprint density at radius 1 is 1.15 bits per heavy atom. The summed E-state index contributed by atoms with van der Waals surface area (Å²) in [5.74, 6) is -1.60. The minimum Gasteiger partial charge on any atom is -0.477 e. The summed E-state index contributed by atoms with van der Waals surface area (Å²) >= 11 is 1.08. The van der Waals surface area contributed by atoms with Gasteiger partial charge in [0.05, 0.1) is 11.0 Å². The molecule has 0 fully saturated rings. The van der Waals surface area contributed by atoms with Crippen molar-refractivity contribution in [1.29, 1.82) is 0 Å². The molecule has 2 N–H and O–H groups in total. The maximum Gasteiger partial charge on any atom is 0.348 e. The second-order valence-corrected chi connectivity index (χ2v) is 9.11. The largest absolute Gasteiger partial charge is 0.477 e. The zero-order chi connectivity index (χ0) is 19.6. The molecular formula is C19H17FNO4PS. The molecule has 1 aromatic heterocycles. The summed E-state index contributed by atoms with van der Waals surface area (Å²) in [5, 5.41) is 12.5. The van der Waals surface area contributed by atoms with E-state index in [0.29, 0.717) is 0 Å². The van der Waals surface area contributed by atoms with Crippen molar-refractivity contribution in [1.82, 2.24) is 0 Å². The number of aromatic carboxylic acids is 1. The summed E-state index contributed by atoms with van der Waals surface area (Å²) in [7, 11) is -2.37. The molecule has 0 aliphatic heterocycles. The van der Waals surface area contributed by atoms with Crippen molar-refractivity contribution in [2.75, 3.05) is 12.2 Å². The van der Waals surface area contributed by atoms with Crippen LogP contribution >= 0.6 is 18.9 Å². The summed E-state index contributed by atoms with van der Waals surface area (Å²) in [4.78, 5) is 12.4. The van der Waals surface area contributed by atoms with Crippen molar-refractivity contribution in [3.63, 3.8) is 0 Å². The molecule has 1 unspecified atom stereocenters. The minimum absolute atomic E-state index is 0.0185. The first-order valence-corrected chi connectivity index (χ1v) is 10.4. The van der Waals surface area contributed by atoms with E-state index in [1.807, 2.05) is 31.2 Å². The Morgan fingerprint density at radius 3 is 2.33 bits per heavy atom. The van der Waals surface area contributed by atoms with E-state index in [4.69, 9.17) is 4.52 Å². The van der Waals surface area contributed by atoms with Gasteiger partial charge in [0, 0.05) is 12.0 Å². The molecule has 0 aliphatic rings. The number of carbonyl (C=O) groups is 1. The van der Waals surface area contributed by atoms with Gasteiger partial charge in [-0.25, -0.2) is 9.18 Å². The highest BCUT2D eigenvalue weighted by molar-refractivity contribution is 7.68. The van der Waals surface area contributed by atoms with Gasteiger partial charge < -0.3 is 14.7 Å². The van der Waals surface area contributed by atoms with Gasteiger partial charge in [-0.05, 0) is 42.8 Å². The molecule has 140 valence electrons. The molecule has 0 saturated heterocycles. The van der Waals surface area contributed by atoms with Crippen LogP contribution in [0.4, 0.5) is 10.1 Å². The fourth-order valence-corrected chi connectivity index (χ4v) is 5.00. The lowest BCUT2D eigenvalue weighted by molar-refractivity contribution is 0.0703. The Labute approximate surface area is 159 Å². The average molecular weight is 405 g/mol. The SMILES string of the molecule is COP(=O)(Nc1cc(-c2ccc(C)cc2)sc1C(=O)O)c1ccc(F)cc1. The number of carboxylic acids is 1. The number of hydrogen-bond donors (Lipinski definition) is 2. The maximum absolute atomic E-state index is 13.2. The molecule has 1 heterocycles. The third-order valence-electron chi connectivity index (χ3n) is 3.95. The van der Waals surface area contributed by atoms with E-state index >= 15 is 0 Å². The molecule has 0 saturated carbocycles. The third-order valence-corrected chi connectivity index (χ3v) is 7.15. The topological polar surface area (TPSA) is 75.6 Å². The van der Waals surface area contributed by atoms with Gasteiger partial charge >= 0.3 is 13.5 Å². The van der Waals surface area contributed by atoms with E-state index in [0.717, 1.165) is 27.3 Å². The number of aryl methyl sites for hydroxylation is 1. The van der Waals surface area contributed by atoms with Crippen LogP contribution in [0.5, 0.6) is 0 Å². The second-order valence-electron chi connectivity index (χ2n) is 5.85. The van der Waals surface area contributed by atoms with Crippen LogP contribution in [-0.2, 0) is 9.09 Å².